The van der Waals surface area contributed by atoms with E-state index in [9.17, 15) is 0 Å². The van der Waals surface area contributed by atoms with Gasteiger partial charge in [0, 0.05) is 5.02 Å². The van der Waals surface area contributed by atoms with Gasteiger partial charge in [0.25, 0.3) is 0 Å². The second-order valence-corrected chi connectivity index (χ2v) is 6.93. The van der Waals surface area contributed by atoms with Gasteiger partial charge in [-0.25, -0.2) is 0 Å². The smallest absolute Gasteiger partial charge is 0.126 e. The third-order valence-corrected chi connectivity index (χ3v) is 5.48. The van der Waals surface area contributed by atoms with Gasteiger partial charge < -0.3 is 4.74 Å². The molecule has 0 amide bonds. The molecule has 0 N–H and O–H groups in total. The van der Waals surface area contributed by atoms with Crippen LogP contribution < -0.4 is 4.74 Å². The summed E-state index contributed by atoms with van der Waals surface area (Å²) in [6, 6.07) is 7.64. The standard InChI is InChI=1S/C17H19ClO/c18-15-1-3-16(4-2-15)19-10-17-13-6-11-5-12(8-13)9-14(17)7-11/h1-4,10-14H,5-9H2. The minimum absolute atomic E-state index is 0.759. The highest BCUT2D eigenvalue weighted by atomic mass is 35.5. The van der Waals surface area contributed by atoms with E-state index in [2.05, 4.69) is 6.26 Å². The number of hydrogen-bond donors (Lipinski definition) is 0. The zero-order valence-electron chi connectivity index (χ0n) is 11.0. The van der Waals surface area contributed by atoms with Crippen molar-refractivity contribution in [1.82, 2.24) is 0 Å². The Morgan fingerprint density at radius 1 is 0.895 bits per heavy atom. The maximum atomic E-state index is 5.89. The van der Waals surface area contributed by atoms with Crippen LogP contribution in [0.3, 0.4) is 0 Å². The van der Waals surface area contributed by atoms with Crippen LogP contribution in [-0.4, -0.2) is 0 Å². The van der Waals surface area contributed by atoms with Crippen molar-refractivity contribution < 1.29 is 4.74 Å². The lowest BCUT2D eigenvalue weighted by molar-refractivity contribution is 0.0669. The molecule has 19 heavy (non-hydrogen) atoms. The average molecular weight is 275 g/mol. The molecule has 4 bridgehead atoms. The zero-order chi connectivity index (χ0) is 12.8. The van der Waals surface area contributed by atoms with Gasteiger partial charge in [-0.3, -0.25) is 0 Å². The molecule has 0 unspecified atom stereocenters. The van der Waals surface area contributed by atoms with Gasteiger partial charge in [-0.15, -0.1) is 0 Å². The lowest BCUT2D eigenvalue weighted by Gasteiger charge is -2.51. The number of rotatable bonds is 2. The van der Waals surface area contributed by atoms with Crippen LogP contribution in [-0.2, 0) is 0 Å². The van der Waals surface area contributed by atoms with Crippen molar-refractivity contribution >= 4 is 11.6 Å². The van der Waals surface area contributed by atoms with Gasteiger partial charge in [-0.05, 0) is 85.6 Å². The maximum absolute atomic E-state index is 5.89. The molecular weight excluding hydrogens is 256 g/mol. The van der Waals surface area contributed by atoms with Crippen LogP contribution in [0.4, 0.5) is 0 Å². The van der Waals surface area contributed by atoms with E-state index in [0.29, 0.717) is 0 Å². The molecule has 1 aromatic carbocycles. The second-order valence-electron chi connectivity index (χ2n) is 6.49. The Labute approximate surface area is 119 Å². The van der Waals surface area contributed by atoms with E-state index in [1.165, 1.54) is 32.1 Å². The molecule has 4 aliphatic carbocycles. The molecule has 1 nitrogen and oxygen atoms in total. The number of ether oxygens (including phenoxy) is 1. The van der Waals surface area contributed by atoms with Gasteiger partial charge in [0.15, 0.2) is 0 Å². The van der Waals surface area contributed by atoms with Crippen molar-refractivity contribution in [2.45, 2.75) is 32.1 Å². The number of benzene rings is 1. The number of allylic oxidation sites excluding steroid dienone is 1. The largest absolute Gasteiger partial charge is 0.465 e. The Morgan fingerprint density at radius 2 is 1.47 bits per heavy atom. The molecule has 2 heteroatoms. The lowest BCUT2D eigenvalue weighted by atomic mass is 9.54. The van der Waals surface area contributed by atoms with Crippen LogP contribution in [0, 0.1) is 23.7 Å². The van der Waals surface area contributed by atoms with Crippen LogP contribution in [0.25, 0.3) is 0 Å². The Morgan fingerprint density at radius 3 is 2.05 bits per heavy atom. The predicted octanol–water partition coefficient (Wildman–Crippen LogP) is 5.06. The lowest BCUT2D eigenvalue weighted by Crippen LogP contribution is -2.40. The van der Waals surface area contributed by atoms with E-state index in [-0.39, 0.29) is 0 Å². The van der Waals surface area contributed by atoms with Crippen molar-refractivity contribution in [3.8, 4) is 5.75 Å². The minimum Gasteiger partial charge on any atom is -0.465 e. The van der Waals surface area contributed by atoms with Gasteiger partial charge in [0.2, 0.25) is 0 Å². The third kappa shape index (κ3) is 2.18. The van der Waals surface area contributed by atoms with Crippen LogP contribution in [0.2, 0.25) is 5.02 Å². The first kappa shape index (κ1) is 11.8. The summed E-state index contributed by atoms with van der Waals surface area (Å²) in [5.41, 5.74) is 1.59. The van der Waals surface area contributed by atoms with Gasteiger partial charge in [0.05, 0.1) is 6.26 Å². The van der Waals surface area contributed by atoms with Crippen molar-refractivity contribution in [2.24, 2.45) is 23.7 Å². The molecule has 0 spiro atoms. The van der Waals surface area contributed by atoms with Gasteiger partial charge in [0.1, 0.15) is 5.75 Å². The molecule has 0 atom stereocenters. The van der Waals surface area contributed by atoms with Gasteiger partial charge in [-0.1, -0.05) is 11.6 Å². The molecule has 0 aromatic heterocycles. The van der Waals surface area contributed by atoms with Crippen molar-refractivity contribution in [3.63, 3.8) is 0 Å². The molecule has 0 heterocycles. The predicted molar refractivity (Wildman–Crippen MR) is 77.2 cm³/mol. The molecule has 5 rings (SSSR count). The fourth-order valence-corrected chi connectivity index (χ4v) is 4.70. The molecule has 100 valence electrons. The Hall–Kier alpha value is -0.950. The summed E-state index contributed by atoms with van der Waals surface area (Å²) in [4.78, 5) is 0. The minimum atomic E-state index is 0.759. The van der Waals surface area contributed by atoms with Crippen LogP contribution >= 0.6 is 11.6 Å². The first-order valence-corrected chi connectivity index (χ1v) is 7.78. The summed E-state index contributed by atoms with van der Waals surface area (Å²) in [6.07, 6.45) is 9.17. The average Bonchev–Trinajstić information content (AvgIpc) is 2.39. The third-order valence-electron chi connectivity index (χ3n) is 5.23. The number of hydrogen-bond acceptors (Lipinski definition) is 1. The van der Waals surface area contributed by atoms with E-state index in [1.54, 1.807) is 5.57 Å². The van der Waals surface area contributed by atoms with Crippen LogP contribution in [0.1, 0.15) is 32.1 Å². The van der Waals surface area contributed by atoms with E-state index < -0.39 is 0 Å². The molecule has 4 fully saturated rings. The molecule has 1 aromatic rings. The second kappa shape index (κ2) is 4.56. The van der Waals surface area contributed by atoms with Crippen LogP contribution in [0.5, 0.6) is 5.75 Å². The molecule has 0 aliphatic heterocycles. The van der Waals surface area contributed by atoms with Crippen LogP contribution in [0.15, 0.2) is 36.1 Å². The molecule has 4 aliphatic rings. The van der Waals surface area contributed by atoms with Crippen molar-refractivity contribution in [1.29, 1.82) is 0 Å². The van der Waals surface area contributed by atoms with E-state index in [0.717, 1.165) is 34.4 Å². The summed E-state index contributed by atoms with van der Waals surface area (Å²) >= 11 is 5.89. The zero-order valence-corrected chi connectivity index (χ0v) is 11.8. The first-order valence-electron chi connectivity index (χ1n) is 7.40. The fraction of sp³-hybridized carbons (Fsp3) is 0.529. The molecule has 4 saturated carbocycles. The normalized spacial score (nSPS) is 35.5. The highest BCUT2D eigenvalue weighted by molar-refractivity contribution is 6.30. The summed E-state index contributed by atoms with van der Waals surface area (Å²) in [7, 11) is 0. The summed E-state index contributed by atoms with van der Waals surface area (Å²) in [5.74, 6) is 4.53. The summed E-state index contributed by atoms with van der Waals surface area (Å²) in [6.45, 7) is 0. The number of halogens is 1. The van der Waals surface area contributed by atoms with Gasteiger partial charge >= 0.3 is 0 Å². The maximum Gasteiger partial charge on any atom is 0.126 e. The van der Waals surface area contributed by atoms with Crippen molar-refractivity contribution in [3.05, 3.63) is 41.1 Å². The Bertz CT molecular complexity index is 472. The topological polar surface area (TPSA) is 9.23 Å². The highest BCUT2D eigenvalue weighted by Crippen LogP contribution is 2.56. The molecule has 0 saturated heterocycles. The fourth-order valence-electron chi connectivity index (χ4n) is 4.57. The Kier molecular flexibility index (Phi) is 2.84. The monoisotopic (exact) mass is 274 g/mol. The van der Waals surface area contributed by atoms with E-state index in [1.807, 2.05) is 24.3 Å². The first-order chi connectivity index (χ1) is 9.28. The quantitative estimate of drug-likeness (QED) is 0.685. The van der Waals surface area contributed by atoms with E-state index >= 15 is 0 Å². The molecule has 0 radical (unpaired) electrons. The summed E-state index contributed by atoms with van der Waals surface area (Å²) in [5, 5.41) is 0.759. The summed E-state index contributed by atoms with van der Waals surface area (Å²) < 4.78 is 5.87. The van der Waals surface area contributed by atoms with Crippen molar-refractivity contribution in [2.75, 3.05) is 0 Å². The molecular formula is C17H19ClO. The Balaban J connectivity index is 1.52. The van der Waals surface area contributed by atoms with E-state index in [4.69, 9.17) is 16.3 Å². The highest BCUT2D eigenvalue weighted by Gasteiger charge is 2.45. The SMILES string of the molecule is Clc1ccc(OC=C2C3CC4CC(C3)CC2C4)cc1. The van der Waals surface area contributed by atoms with Gasteiger partial charge in [-0.2, -0.15) is 0 Å².